The molecular weight excluding hydrogens is 634 g/mol. The zero-order valence-corrected chi connectivity index (χ0v) is 30.0. The van der Waals surface area contributed by atoms with Crippen LogP contribution in [-0.2, 0) is 17.8 Å². The lowest BCUT2D eigenvalue weighted by Gasteiger charge is -2.61. The van der Waals surface area contributed by atoms with E-state index in [1.165, 1.54) is 6.42 Å². The highest BCUT2D eigenvalue weighted by atomic mass is 35.5. The number of fused-ring (bicyclic) bond motifs is 6. The summed E-state index contributed by atoms with van der Waals surface area (Å²) >= 11 is 6.15. The average molecular weight is 684 g/mol. The van der Waals surface area contributed by atoms with Crippen LogP contribution in [0.25, 0.3) is 10.9 Å². The van der Waals surface area contributed by atoms with Gasteiger partial charge in [-0.1, -0.05) is 44.5 Å². The SMILES string of the molecule is C[C@H]1[C@@H](N=C(Nc2ccc3c(=O)n(CCc4ccc(Cl)cc4)c(C4CN5CCC4CC5)nc3c2)N2CC(=O)N[C@@H](C)C2)C[C@@H]2C[C@@H]1C2(C)C. The lowest BCUT2D eigenvalue weighted by molar-refractivity contribution is -0.124. The first-order chi connectivity index (χ1) is 23.5. The number of guanidine groups is 1. The van der Waals surface area contributed by atoms with Gasteiger partial charge in [0.15, 0.2) is 5.96 Å². The summed E-state index contributed by atoms with van der Waals surface area (Å²) in [5.41, 5.74) is 3.09. The second-order valence-electron chi connectivity index (χ2n) is 16.2. The van der Waals surface area contributed by atoms with E-state index in [-0.39, 0.29) is 36.0 Å². The van der Waals surface area contributed by atoms with Crippen LogP contribution in [-0.4, -0.2) is 76.0 Å². The Morgan fingerprint density at radius 3 is 2.51 bits per heavy atom. The molecule has 260 valence electrons. The summed E-state index contributed by atoms with van der Waals surface area (Å²) in [5, 5.41) is 8.03. The van der Waals surface area contributed by atoms with Gasteiger partial charge in [-0.25, -0.2) is 9.98 Å². The molecule has 4 aliphatic heterocycles. The molecule has 3 aromatic rings. The van der Waals surface area contributed by atoms with E-state index in [9.17, 15) is 9.59 Å². The Kier molecular flexibility index (Phi) is 8.50. The smallest absolute Gasteiger partial charge is 0.261 e. The number of amides is 1. The van der Waals surface area contributed by atoms with Crippen LogP contribution in [0.4, 0.5) is 5.69 Å². The molecular formula is C39H50ClN7O2. The number of carbonyl (C=O) groups excluding carboxylic acids is 1. The molecule has 7 fully saturated rings. The number of carbonyl (C=O) groups is 1. The molecule has 9 nitrogen and oxygen atoms in total. The highest BCUT2D eigenvalue weighted by Gasteiger charge is 2.56. The van der Waals surface area contributed by atoms with Gasteiger partial charge >= 0.3 is 0 Å². The van der Waals surface area contributed by atoms with E-state index in [0.29, 0.717) is 58.1 Å². The third-order valence-corrected chi connectivity index (χ3v) is 13.2. The van der Waals surface area contributed by atoms with Gasteiger partial charge in [0.05, 0.1) is 23.5 Å². The highest BCUT2D eigenvalue weighted by Crippen LogP contribution is 2.61. The molecule has 0 radical (unpaired) electrons. The molecule has 1 aromatic heterocycles. The highest BCUT2D eigenvalue weighted by molar-refractivity contribution is 6.30. The number of rotatable bonds is 6. The molecule has 2 N–H and O–H groups in total. The van der Waals surface area contributed by atoms with Crippen LogP contribution in [0, 0.1) is 29.1 Å². The maximum atomic E-state index is 14.3. The topological polar surface area (TPSA) is 94.9 Å². The first-order valence-electron chi connectivity index (χ1n) is 18.4. The van der Waals surface area contributed by atoms with Gasteiger partial charge in [0.25, 0.3) is 5.56 Å². The molecule has 3 saturated carbocycles. The number of aryl methyl sites for hydroxylation is 1. The predicted octanol–water partition coefficient (Wildman–Crippen LogP) is 5.76. The number of nitrogens with one attached hydrogen (secondary N) is 2. The number of piperazine rings is 1. The van der Waals surface area contributed by atoms with Crippen molar-refractivity contribution in [3.8, 4) is 0 Å². The number of aliphatic imine (C=N–C) groups is 1. The van der Waals surface area contributed by atoms with E-state index < -0.39 is 0 Å². The van der Waals surface area contributed by atoms with Gasteiger partial charge in [-0.15, -0.1) is 0 Å². The van der Waals surface area contributed by atoms with Gasteiger partial charge in [-0.3, -0.25) is 14.2 Å². The molecule has 1 amide bonds. The molecule has 1 unspecified atom stereocenters. The van der Waals surface area contributed by atoms with Crippen LogP contribution in [0.15, 0.2) is 52.3 Å². The van der Waals surface area contributed by atoms with E-state index >= 15 is 0 Å². The fraction of sp³-hybridized carbons (Fsp3) is 0.590. The van der Waals surface area contributed by atoms with Crippen molar-refractivity contribution < 1.29 is 4.79 Å². The van der Waals surface area contributed by atoms with E-state index in [1.807, 2.05) is 54.0 Å². The molecule has 5 heterocycles. The number of hydrogen-bond acceptors (Lipinski definition) is 5. The van der Waals surface area contributed by atoms with E-state index in [1.54, 1.807) is 0 Å². The van der Waals surface area contributed by atoms with E-state index in [0.717, 1.165) is 68.4 Å². The zero-order chi connectivity index (χ0) is 34.0. The van der Waals surface area contributed by atoms with Crippen molar-refractivity contribution in [1.29, 1.82) is 0 Å². The van der Waals surface area contributed by atoms with E-state index in [2.05, 4.69) is 41.2 Å². The molecule has 4 bridgehead atoms. The van der Waals surface area contributed by atoms with Crippen LogP contribution >= 0.6 is 11.6 Å². The Balaban J connectivity index is 1.14. The molecule has 10 heteroatoms. The summed E-state index contributed by atoms with van der Waals surface area (Å²) in [7, 11) is 0. The Bertz CT molecular complexity index is 1830. The van der Waals surface area contributed by atoms with Crippen molar-refractivity contribution in [2.24, 2.45) is 34.1 Å². The lowest BCUT2D eigenvalue weighted by atomic mass is 9.45. The summed E-state index contributed by atoms with van der Waals surface area (Å²) in [6, 6.07) is 14.0. The summed E-state index contributed by atoms with van der Waals surface area (Å²) in [4.78, 5) is 42.3. The average Bonchev–Trinajstić information content (AvgIpc) is 3.08. The second kappa shape index (κ2) is 12.7. The lowest BCUT2D eigenvalue weighted by Crippen LogP contribution is -2.58. The standard InChI is InChI=1S/C39H50ClN7O2/c1-23-20-46(22-35(48)41-23)38(44-33-18-27-17-32(24(33)2)39(27,3)4)42-29-9-10-30-34(19-29)43-36(31-21-45-14-12-26(31)13-15-45)47(37(30)49)16-11-25-5-7-28(40)8-6-25/h5-10,19,23-24,26-27,31-33H,11-18,20-22H2,1-4H3,(H,41,48)(H,42,44)/t23-,24+,27-,31?,32-,33-/m0/s1. The largest absolute Gasteiger partial charge is 0.350 e. The van der Waals surface area contributed by atoms with Crippen LogP contribution in [0.2, 0.25) is 5.02 Å². The Morgan fingerprint density at radius 1 is 1.06 bits per heavy atom. The molecule has 2 aromatic carbocycles. The van der Waals surface area contributed by atoms with Gasteiger partial charge < -0.3 is 20.4 Å². The van der Waals surface area contributed by atoms with Gasteiger partial charge in [0, 0.05) is 42.3 Å². The first kappa shape index (κ1) is 32.8. The maximum absolute atomic E-state index is 14.3. The van der Waals surface area contributed by atoms with Gasteiger partial charge in [-0.2, -0.15) is 0 Å². The predicted molar refractivity (Wildman–Crippen MR) is 196 cm³/mol. The molecule has 49 heavy (non-hydrogen) atoms. The Hall–Kier alpha value is -3.43. The molecule has 10 rings (SSSR count). The number of hydrogen-bond donors (Lipinski definition) is 2. The van der Waals surface area contributed by atoms with Crippen molar-refractivity contribution in [2.45, 2.75) is 84.3 Å². The fourth-order valence-electron chi connectivity index (χ4n) is 9.83. The van der Waals surface area contributed by atoms with Crippen molar-refractivity contribution >= 4 is 40.1 Å². The minimum Gasteiger partial charge on any atom is -0.350 e. The normalized spacial score (nSPS) is 32.1. The van der Waals surface area contributed by atoms with Crippen molar-refractivity contribution in [1.82, 2.24) is 24.7 Å². The Morgan fingerprint density at radius 2 is 1.84 bits per heavy atom. The summed E-state index contributed by atoms with van der Waals surface area (Å²) < 4.78 is 1.95. The molecule has 6 atom stereocenters. The fourth-order valence-corrected chi connectivity index (χ4v) is 9.96. The van der Waals surface area contributed by atoms with Crippen molar-refractivity contribution in [3.63, 3.8) is 0 Å². The number of anilines is 1. The summed E-state index contributed by atoms with van der Waals surface area (Å²) in [6.45, 7) is 14.0. The maximum Gasteiger partial charge on any atom is 0.261 e. The third kappa shape index (κ3) is 6.15. The minimum atomic E-state index is 0.00964. The summed E-state index contributed by atoms with van der Waals surface area (Å²) in [5.74, 6) is 4.26. The monoisotopic (exact) mass is 683 g/mol. The van der Waals surface area contributed by atoms with E-state index in [4.69, 9.17) is 21.6 Å². The minimum absolute atomic E-state index is 0.00964. The molecule has 7 aliphatic rings. The number of halogens is 1. The van der Waals surface area contributed by atoms with Gasteiger partial charge in [-0.05, 0) is 117 Å². The summed E-state index contributed by atoms with van der Waals surface area (Å²) in [6.07, 6.45) is 5.40. The quantitative estimate of drug-likeness (QED) is 0.254. The second-order valence-corrected chi connectivity index (χ2v) is 16.7. The van der Waals surface area contributed by atoms with Crippen molar-refractivity contribution in [2.75, 3.05) is 38.0 Å². The molecule has 0 spiro atoms. The molecule has 4 saturated heterocycles. The van der Waals surface area contributed by atoms with Crippen LogP contribution in [0.3, 0.4) is 0 Å². The van der Waals surface area contributed by atoms with Crippen molar-refractivity contribution in [3.05, 3.63) is 69.2 Å². The zero-order valence-electron chi connectivity index (χ0n) is 29.3. The number of aromatic nitrogens is 2. The number of nitrogens with zero attached hydrogens (tertiary/aromatic N) is 5. The molecule has 3 aliphatic carbocycles. The van der Waals surface area contributed by atoms with Gasteiger partial charge in [0.2, 0.25) is 5.91 Å². The first-order valence-corrected chi connectivity index (χ1v) is 18.8. The van der Waals surface area contributed by atoms with Gasteiger partial charge in [0.1, 0.15) is 5.82 Å². The van der Waals surface area contributed by atoms with Crippen LogP contribution in [0.5, 0.6) is 0 Å². The third-order valence-electron chi connectivity index (χ3n) is 12.9. The number of benzene rings is 2. The Labute approximate surface area is 294 Å². The number of piperidine rings is 3. The van der Waals surface area contributed by atoms with Crippen LogP contribution in [0.1, 0.15) is 70.7 Å². The van der Waals surface area contributed by atoms with Crippen LogP contribution < -0.4 is 16.2 Å².